The van der Waals surface area contributed by atoms with Crippen molar-refractivity contribution in [2.45, 2.75) is 6.42 Å². The van der Waals surface area contributed by atoms with Gasteiger partial charge in [-0.3, -0.25) is 4.79 Å². The quantitative estimate of drug-likeness (QED) is 0.846. The third-order valence-corrected chi connectivity index (χ3v) is 3.13. The van der Waals surface area contributed by atoms with Crippen molar-refractivity contribution in [2.75, 3.05) is 38.2 Å². The van der Waals surface area contributed by atoms with E-state index in [1.165, 1.54) is 6.07 Å². The number of morpholine rings is 1. The fourth-order valence-electron chi connectivity index (χ4n) is 1.92. The molecule has 6 nitrogen and oxygen atoms in total. The number of pyridine rings is 1. The molecule has 0 aromatic carbocycles. The van der Waals surface area contributed by atoms with Gasteiger partial charge >= 0.3 is 0 Å². The first-order chi connectivity index (χ1) is 9.69. The Morgan fingerprint density at radius 1 is 1.50 bits per heavy atom. The molecule has 0 spiro atoms. The van der Waals surface area contributed by atoms with Gasteiger partial charge in [-0.25, -0.2) is 4.98 Å². The van der Waals surface area contributed by atoms with Crippen molar-refractivity contribution in [1.82, 2.24) is 9.88 Å². The van der Waals surface area contributed by atoms with Gasteiger partial charge in [0, 0.05) is 26.1 Å². The molecule has 0 radical (unpaired) electrons. The molecule has 1 N–H and O–H groups in total. The van der Waals surface area contributed by atoms with Crippen LogP contribution in [0.5, 0.6) is 0 Å². The standard InChI is InChI=1S/C13H15ClN4O2/c14-11-7-10(9-15)8-12(17-11)16-2-1-13(19)18-3-5-20-6-4-18/h7-8H,1-6H2,(H,16,17). The predicted octanol–water partition coefficient (Wildman–Crippen LogP) is 1.27. The van der Waals surface area contributed by atoms with E-state index in [1.807, 2.05) is 6.07 Å². The van der Waals surface area contributed by atoms with Gasteiger partial charge in [-0.1, -0.05) is 11.6 Å². The lowest BCUT2D eigenvalue weighted by atomic mass is 10.3. The van der Waals surface area contributed by atoms with Crippen LogP contribution in [0.4, 0.5) is 5.82 Å². The maximum absolute atomic E-state index is 11.9. The number of ether oxygens (including phenoxy) is 1. The molecule has 1 aromatic heterocycles. The van der Waals surface area contributed by atoms with Crippen molar-refractivity contribution in [2.24, 2.45) is 0 Å². The zero-order valence-corrected chi connectivity index (χ0v) is 11.7. The Morgan fingerprint density at radius 3 is 2.95 bits per heavy atom. The number of carbonyl (C=O) groups is 1. The first-order valence-corrected chi connectivity index (χ1v) is 6.74. The number of amides is 1. The van der Waals surface area contributed by atoms with E-state index < -0.39 is 0 Å². The van der Waals surface area contributed by atoms with E-state index in [4.69, 9.17) is 21.6 Å². The van der Waals surface area contributed by atoms with Crippen molar-refractivity contribution in [3.05, 3.63) is 22.8 Å². The van der Waals surface area contributed by atoms with Gasteiger partial charge in [0.15, 0.2) is 0 Å². The van der Waals surface area contributed by atoms with E-state index in [9.17, 15) is 4.79 Å². The predicted molar refractivity (Wildman–Crippen MR) is 74.5 cm³/mol. The highest BCUT2D eigenvalue weighted by atomic mass is 35.5. The van der Waals surface area contributed by atoms with Crippen molar-refractivity contribution in [1.29, 1.82) is 5.26 Å². The van der Waals surface area contributed by atoms with Crippen molar-refractivity contribution in [3.8, 4) is 6.07 Å². The van der Waals surface area contributed by atoms with Crippen LogP contribution in [0.15, 0.2) is 12.1 Å². The van der Waals surface area contributed by atoms with Crippen LogP contribution < -0.4 is 5.32 Å². The molecule has 0 unspecified atom stereocenters. The van der Waals surface area contributed by atoms with Gasteiger partial charge in [-0.2, -0.15) is 5.26 Å². The Morgan fingerprint density at radius 2 is 2.25 bits per heavy atom. The minimum Gasteiger partial charge on any atom is -0.378 e. The SMILES string of the molecule is N#Cc1cc(Cl)nc(NCCC(=O)N2CCOCC2)c1. The summed E-state index contributed by atoms with van der Waals surface area (Å²) in [6.45, 7) is 2.94. The number of halogens is 1. The first kappa shape index (κ1) is 14.6. The van der Waals surface area contributed by atoms with Gasteiger partial charge in [-0.05, 0) is 12.1 Å². The van der Waals surface area contributed by atoms with Crippen LogP contribution >= 0.6 is 11.6 Å². The topological polar surface area (TPSA) is 78.2 Å². The van der Waals surface area contributed by atoms with E-state index in [-0.39, 0.29) is 11.1 Å². The fourth-order valence-corrected chi connectivity index (χ4v) is 2.13. The maximum Gasteiger partial charge on any atom is 0.224 e. The zero-order valence-electron chi connectivity index (χ0n) is 10.9. The molecule has 0 bridgehead atoms. The highest BCUT2D eigenvalue weighted by Gasteiger charge is 2.16. The number of nitrogens with zero attached hydrogens (tertiary/aromatic N) is 3. The number of hydrogen-bond donors (Lipinski definition) is 1. The molecule has 0 atom stereocenters. The molecule has 7 heteroatoms. The number of nitrogens with one attached hydrogen (secondary N) is 1. The van der Waals surface area contributed by atoms with Gasteiger partial charge in [-0.15, -0.1) is 0 Å². The summed E-state index contributed by atoms with van der Waals surface area (Å²) in [6.07, 6.45) is 0.371. The summed E-state index contributed by atoms with van der Waals surface area (Å²) in [6, 6.07) is 5.10. The molecule has 1 aromatic rings. The van der Waals surface area contributed by atoms with Gasteiger partial charge in [0.25, 0.3) is 0 Å². The minimum atomic E-state index is 0.0864. The molecule has 106 valence electrons. The van der Waals surface area contributed by atoms with Crippen LogP contribution in [0.25, 0.3) is 0 Å². The highest BCUT2D eigenvalue weighted by Crippen LogP contribution is 2.13. The number of nitriles is 1. The second kappa shape index (κ2) is 7.08. The molecule has 20 heavy (non-hydrogen) atoms. The number of aromatic nitrogens is 1. The third kappa shape index (κ3) is 4.08. The van der Waals surface area contributed by atoms with Crippen molar-refractivity contribution < 1.29 is 9.53 Å². The first-order valence-electron chi connectivity index (χ1n) is 6.36. The number of rotatable bonds is 4. The Balaban J connectivity index is 1.82. The summed E-state index contributed by atoms with van der Waals surface area (Å²) in [4.78, 5) is 17.7. The fraction of sp³-hybridized carbons (Fsp3) is 0.462. The lowest BCUT2D eigenvalue weighted by molar-refractivity contribution is -0.134. The molecule has 2 rings (SSSR count). The number of carbonyl (C=O) groups excluding carboxylic acids is 1. The van der Waals surface area contributed by atoms with Crippen LogP contribution in [-0.4, -0.2) is 48.6 Å². The van der Waals surface area contributed by atoms with Crippen LogP contribution in [-0.2, 0) is 9.53 Å². The largest absolute Gasteiger partial charge is 0.378 e. The third-order valence-electron chi connectivity index (χ3n) is 2.93. The maximum atomic E-state index is 11.9. The van der Waals surface area contributed by atoms with Gasteiger partial charge in [0.1, 0.15) is 11.0 Å². The summed E-state index contributed by atoms with van der Waals surface area (Å²) < 4.78 is 5.20. The molecule has 1 amide bonds. The summed E-state index contributed by atoms with van der Waals surface area (Å²) in [5, 5.41) is 12.1. The van der Waals surface area contributed by atoms with Crippen LogP contribution in [0.3, 0.4) is 0 Å². The Kier molecular flexibility index (Phi) is 5.16. The van der Waals surface area contributed by atoms with E-state index in [1.54, 1.807) is 11.0 Å². The van der Waals surface area contributed by atoms with E-state index in [2.05, 4.69) is 10.3 Å². The zero-order chi connectivity index (χ0) is 14.4. The summed E-state index contributed by atoms with van der Waals surface area (Å²) in [5.74, 6) is 0.590. The normalized spacial score (nSPS) is 14.7. The second-order valence-electron chi connectivity index (χ2n) is 4.35. The summed E-state index contributed by atoms with van der Waals surface area (Å²) in [7, 11) is 0. The average Bonchev–Trinajstić information content (AvgIpc) is 2.47. The lowest BCUT2D eigenvalue weighted by Crippen LogP contribution is -2.41. The lowest BCUT2D eigenvalue weighted by Gasteiger charge is -2.26. The average molecular weight is 295 g/mol. The molecule has 0 saturated carbocycles. The minimum absolute atomic E-state index is 0.0864. The van der Waals surface area contributed by atoms with Crippen molar-refractivity contribution in [3.63, 3.8) is 0 Å². The Bertz CT molecular complexity index is 524. The second-order valence-corrected chi connectivity index (χ2v) is 4.73. The van der Waals surface area contributed by atoms with Gasteiger partial charge in [0.05, 0.1) is 24.8 Å². The molecule has 0 aliphatic carbocycles. The molecular weight excluding hydrogens is 280 g/mol. The van der Waals surface area contributed by atoms with Crippen LogP contribution in [0.2, 0.25) is 5.15 Å². The molecule has 1 aliphatic heterocycles. The Hall–Kier alpha value is -1.84. The molecule has 1 aliphatic rings. The monoisotopic (exact) mass is 294 g/mol. The van der Waals surface area contributed by atoms with Gasteiger partial charge in [0.2, 0.25) is 5.91 Å². The molecular formula is C13H15ClN4O2. The van der Waals surface area contributed by atoms with E-state index in [0.29, 0.717) is 50.7 Å². The van der Waals surface area contributed by atoms with Gasteiger partial charge < -0.3 is 15.0 Å². The summed E-state index contributed by atoms with van der Waals surface area (Å²) >= 11 is 5.80. The number of hydrogen-bond acceptors (Lipinski definition) is 5. The molecule has 1 fully saturated rings. The van der Waals surface area contributed by atoms with Crippen LogP contribution in [0, 0.1) is 11.3 Å². The molecule has 2 heterocycles. The van der Waals surface area contributed by atoms with E-state index in [0.717, 1.165) is 0 Å². The molecule has 1 saturated heterocycles. The summed E-state index contributed by atoms with van der Waals surface area (Å²) in [5.41, 5.74) is 0.437. The van der Waals surface area contributed by atoms with Crippen LogP contribution in [0.1, 0.15) is 12.0 Å². The smallest absolute Gasteiger partial charge is 0.224 e. The van der Waals surface area contributed by atoms with E-state index >= 15 is 0 Å². The number of anilines is 1. The Labute approximate surface area is 122 Å². The van der Waals surface area contributed by atoms with Crippen molar-refractivity contribution >= 4 is 23.3 Å². The highest BCUT2D eigenvalue weighted by molar-refractivity contribution is 6.29.